The van der Waals surface area contributed by atoms with E-state index in [0.717, 1.165) is 12.1 Å². The fraction of sp³-hybridized carbons (Fsp3) is 0.333. The molecule has 142 valence electrons. The monoisotopic (exact) mass is 389 g/mol. The summed E-state index contributed by atoms with van der Waals surface area (Å²) in [5, 5.41) is 0. The summed E-state index contributed by atoms with van der Waals surface area (Å²) in [7, 11) is 2.73. The van der Waals surface area contributed by atoms with Gasteiger partial charge in [0.25, 0.3) is 10.0 Å². The number of anilines is 3. The molecule has 0 bridgehead atoms. The number of nitrogens with zero attached hydrogens (tertiary/aromatic N) is 4. The number of rotatable bonds is 5. The number of benzene rings is 1. The normalized spacial score (nSPS) is 12.0. The van der Waals surface area contributed by atoms with Crippen LogP contribution in [0.25, 0.3) is 0 Å². The van der Waals surface area contributed by atoms with E-state index in [1.165, 1.54) is 6.20 Å². The summed E-state index contributed by atoms with van der Waals surface area (Å²) in [6, 6.07) is 3.23. The van der Waals surface area contributed by atoms with Crippen molar-refractivity contribution in [3.63, 3.8) is 0 Å². The molecule has 0 aliphatic heterocycles. The van der Waals surface area contributed by atoms with E-state index in [1.54, 1.807) is 38.0 Å². The van der Waals surface area contributed by atoms with Gasteiger partial charge in [0.1, 0.15) is 5.69 Å². The maximum absolute atomic E-state index is 12.6. The SMILES string of the molecule is CN(C)c1ncc(NS(=O)(=O)c2ccc(C(F)(F)F)cc2)c(N(C)C)n1. The van der Waals surface area contributed by atoms with Crippen LogP contribution in [0.4, 0.5) is 30.6 Å². The molecule has 2 rings (SSSR count). The molecule has 0 spiro atoms. The van der Waals surface area contributed by atoms with Gasteiger partial charge in [-0.15, -0.1) is 0 Å². The molecule has 1 aromatic heterocycles. The smallest absolute Gasteiger partial charge is 0.361 e. The van der Waals surface area contributed by atoms with Crippen molar-refractivity contribution in [2.75, 3.05) is 42.7 Å². The second-order valence-corrected chi connectivity index (χ2v) is 7.51. The lowest BCUT2D eigenvalue weighted by Gasteiger charge is -2.19. The molecule has 0 fully saturated rings. The van der Waals surface area contributed by atoms with Gasteiger partial charge in [-0.05, 0) is 24.3 Å². The molecule has 0 aliphatic rings. The van der Waals surface area contributed by atoms with E-state index in [1.807, 2.05) is 0 Å². The Morgan fingerprint density at radius 2 is 1.58 bits per heavy atom. The molecule has 0 amide bonds. The summed E-state index contributed by atoms with van der Waals surface area (Å²) in [5.41, 5.74) is -0.815. The third kappa shape index (κ3) is 4.34. The highest BCUT2D eigenvalue weighted by Crippen LogP contribution is 2.30. The van der Waals surface area contributed by atoms with Gasteiger partial charge < -0.3 is 9.80 Å². The van der Waals surface area contributed by atoms with Gasteiger partial charge in [0.2, 0.25) is 5.95 Å². The Morgan fingerprint density at radius 3 is 2.04 bits per heavy atom. The number of nitrogens with one attached hydrogen (secondary N) is 1. The fourth-order valence-corrected chi connectivity index (χ4v) is 3.06. The number of hydrogen-bond acceptors (Lipinski definition) is 6. The molecular weight excluding hydrogens is 371 g/mol. The van der Waals surface area contributed by atoms with Crippen molar-refractivity contribution in [2.24, 2.45) is 0 Å². The molecule has 0 saturated carbocycles. The summed E-state index contributed by atoms with van der Waals surface area (Å²) in [5.74, 6) is 0.699. The van der Waals surface area contributed by atoms with Crippen LogP contribution in [0.15, 0.2) is 35.4 Å². The molecule has 0 unspecified atom stereocenters. The predicted molar refractivity (Wildman–Crippen MR) is 92.9 cm³/mol. The number of halogens is 3. The van der Waals surface area contributed by atoms with Crippen LogP contribution in [-0.2, 0) is 16.2 Å². The highest BCUT2D eigenvalue weighted by atomic mass is 32.2. The number of aromatic nitrogens is 2. The van der Waals surface area contributed by atoms with E-state index < -0.39 is 21.8 Å². The first-order valence-electron chi connectivity index (χ1n) is 7.33. The van der Waals surface area contributed by atoms with Gasteiger partial charge in [0.05, 0.1) is 16.7 Å². The second-order valence-electron chi connectivity index (χ2n) is 5.82. The van der Waals surface area contributed by atoms with Gasteiger partial charge >= 0.3 is 6.18 Å². The van der Waals surface area contributed by atoms with Crippen molar-refractivity contribution in [1.29, 1.82) is 0 Å². The Bertz CT molecular complexity index is 881. The van der Waals surface area contributed by atoms with Crippen LogP contribution in [0, 0.1) is 0 Å². The van der Waals surface area contributed by atoms with E-state index in [9.17, 15) is 21.6 Å². The molecule has 0 radical (unpaired) electrons. The van der Waals surface area contributed by atoms with Crippen LogP contribution < -0.4 is 14.5 Å². The Morgan fingerprint density at radius 1 is 1.00 bits per heavy atom. The Balaban J connectivity index is 2.37. The zero-order chi connectivity index (χ0) is 19.7. The standard InChI is InChI=1S/C15H18F3N5O2S/c1-22(2)13-12(9-19-14(20-13)23(3)4)21-26(24,25)11-7-5-10(6-8-11)15(16,17)18/h5-9,21H,1-4H3. The van der Waals surface area contributed by atoms with Crippen molar-refractivity contribution >= 4 is 27.5 Å². The summed E-state index contributed by atoms with van der Waals surface area (Å²) in [6.07, 6.45) is -3.23. The predicted octanol–water partition coefficient (Wildman–Crippen LogP) is 2.43. The van der Waals surface area contributed by atoms with Crippen LogP contribution in [0.5, 0.6) is 0 Å². The fourth-order valence-electron chi connectivity index (χ4n) is 2.02. The van der Waals surface area contributed by atoms with Gasteiger partial charge in [0.15, 0.2) is 5.82 Å². The average Bonchev–Trinajstić information content (AvgIpc) is 2.53. The number of sulfonamides is 1. The zero-order valence-electron chi connectivity index (χ0n) is 14.5. The summed E-state index contributed by atoms with van der Waals surface area (Å²) in [6.45, 7) is 0. The van der Waals surface area contributed by atoms with Crippen molar-refractivity contribution in [3.8, 4) is 0 Å². The maximum atomic E-state index is 12.6. The van der Waals surface area contributed by atoms with Gasteiger partial charge in [-0.3, -0.25) is 4.72 Å². The molecule has 11 heteroatoms. The van der Waals surface area contributed by atoms with Crippen LogP contribution in [0.1, 0.15) is 5.56 Å². The van der Waals surface area contributed by atoms with Crippen LogP contribution in [0.2, 0.25) is 0 Å². The van der Waals surface area contributed by atoms with Crippen molar-refractivity contribution < 1.29 is 21.6 Å². The lowest BCUT2D eigenvalue weighted by atomic mass is 10.2. The molecule has 0 aliphatic carbocycles. The van der Waals surface area contributed by atoms with Gasteiger partial charge in [-0.25, -0.2) is 13.4 Å². The van der Waals surface area contributed by atoms with Crippen molar-refractivity contribution in [3.05, 3.63) is 36.0 Å². The van der Waals surface area contributed by atoms with E-state index in [-0.39, 0.29) is 10.6 Å². The van der Waals surface area contributed by atoms with Crippen LogP contribution in [0.3, 0.4) is 0 Å². The minimum absolute atomic E-state index is 0.112. The summed E-state index contributed by atoms with van der Waals surface area (Å²) in [4.78, 5) is 11.3. The Hall–Kier alpha value is -2.56. The average molecular weight is 389 g/mol. The first-order valence-corrected chi connectivity index (χ1v) is 8.82. The molecule has 26 heavy (non-hydrogen) atoms. The van der Waals surface area contributed by atoms with Crippen LogP contribution in [-0.4, -0.2) is 46.6 Å². The van der Waals surface area contributed by atoms with E-state index in [0.29, 0.717) is 23.9 Å². The molecule has 0 saturated heterocycles. The van der Waals surface area contributed by atoms with Crippen LogP contribution >= 0.6 is 0 Å². The van der Waals surface area contributed by atoms with Gasteiger partial charge in [-0.1, -0.05) is 0 Å². The minimum atomic E-state index is -4.54. The van der Waals surface area contributed by atoms with E-state index >= 15 is 0 Å². The highest BCUT2D eigenvalue weighted by Gasteiger charge is 2.30. The topological polar surface area (TPSA) is 78.4 Å². The lowest BCUT2D eigenvalue weighted by molar-refractivity contribution is -0.137. The molecule has 1 heterocycles. The zero-order valence-corrected chi connectivity index (χ0v) is 15.4. The number of alkyl halides is 3. The first kappa shape index (κ1) is 19.8. The Labute approximate surface area is 149 Å². The van der Waals surface area contributed by atoms with Crippen molar-refractivity contribution in [2.45, 2.75) is 11.1 Å². The molecule has 2 aromatic rings. The third-order valence-electron chi connectivity index (χ3n) is 3.32. The van der Waals surface area contributed by atoms with E-state index in [2.05, 4.69) is 14.7 Å². The second kappa shape index (κ2) is 6.98. The van der Waals surface area contributed by atoms with E-state index in [4.69, 9.17) is 0 Å². The molecule has 0 atom stereocenters. The number of hydrogen-bond donors (Lipinski definition) is 1. The Kier molecular flexibility index (Phi) is 5.31. The first-order chi connectivity index (χ1) is 11.9. The van der Waals surface area contributed by atoms with Crippen molar-refractivity contribution in [1.82, 2.24) is 9.97 Å². The molecule has 1 N–H and O–H groups in total. The quantitative estimate of drug-likeness (QED) is 0.846. The maximum Gasteiger partial charge on any atom is 0.416 e. The lowest BCUT2D eigenvalue weighted by Crippen LogP contribution is -2.21. The molecule has 1 aromatic carbocycles. The van der Waals surface area contributed by atoms with Gasteiger partial charge in [-0.2, -0.15) is 18.2 Å². The molecule has 7 nitrogen and oxygen atoms in total. The minimum Gasteiger partial charge on any atom is -0.361 e. The summed E-state index contributed by atoms with van der Waals surface area (Å²) < 4.78 is 65.1. The highest BCUT2D eigenvalue weighted by molar-refractivity contribution is 7.92. The molecular formula is C15H18F3N5O2S. The largest absolute Gasteiger partial charge is 0.416 e. The summed E-state index contributed by atoms with van der Waals surface area (Å²) >= 11 is 0. The third-order valence-corrected chi connectivity index (χ3v) is 4.70. The van der Waals surface area contributed by atoms with Gasteiger partial charge in [0, 0.05) is 28.2 Å².